The van der Waals surface area contributed by atoms with E-state index in [-0.39, 0.29) is 11.7 Å². The number of benzene rings is 2. The van der Waals surface area contributed by atoms with Gasteiger partial charge in [0.15, 0.2) is 5.13 Å². The molecule has 1 aromatic heterocycles. The van der Waals surface area contributed by atoms with Gasteiger partial charge in [-0.1, -0.05) is 0 Å². The molecule has 6 heteroatoms. The fourth-order valence-corrected chi connectivity index (χ4v) is 2.72. The van der Waals surface area contributed by atoms with Gasteiger partial charge in [0.05, 0.1) is 12.8 Å². The smallest absolute Gasteiger partial charge is 0.257 e. The molecule has 5 nitrogen and oxygen atoms in total. The van der Waals surface area contributed by atoms with E-state index in [1.165, 1.54) is 23.5 Å². The Labute approximate surface area is 137 Å². The SMILES string of the molecule is COc1ccc(-c2csc(NC(=O)c3ccc(O)cc3)n2)cc1. The van der Waals surface area contributed by atoms with Gasteiger partial charge in [-0.3, -0.25) is 10.1 Å². The Morgan fingerprint density at radius 2 is 1.83 bits per heavy atom. The van der Waals surface area contributed by atoms with Crippen molar-refractivity contribution in [1.29, 1.82) is 0 Å². The molecule has 2 N–H and O–H groups in total. The molecule has 0 fully saturated rings. The van der Waals surface area contributed by atoms with Crippen LogP contribution in [0.3, 0.4) is 0 Å². The van der Waals surface area contributed by atoms with Gasteiger partial charge in [0.2, 0.25) is 0 Å². The zero-order valence-corrected chi connectivity index (χ0v) is 13.1. The lowest BCUT2D eigenvalue weighted by molar-refractivity contribution is 0.102. The van der Waals surface area contributed by atoms with Crippen molar-refractivity contribution in [1.82, 2.24) is 4.98 Å². The Morgan fingerprint density at radius 1 is 1.13 bits per heavy atom. The average Bonchev–Trinajstić information content (AvgIpc) is 3.04. The number of ether oxygens (including phenoxy) is 1. The molecule has 0 saturated heterocycles. The zero-order chi connectivity index (χ0) is 16.2. The molecule has 116 valence electrons. The predicted molar refractivity (Wildman–Crippen MR) is 90.2 cm³/mol. The van der Waals surface area contributed by atoms with Crippen molar-refractivity contribution in [2.45, 2.75) is 0 Å². The number of nitrogens with zero attached hydrogens (tertiary/aromatic N) is 1. The van der Waals surface area contributed by atoms with Gasteiger partial charge in [0.1, 0.15) is 11.5 Å². The highest BCUT2D eigenvalue weighted by Gasteiger charge is 2.10. The lowest BCUT2D eigenvalue weighted by Gasteiger charge is -2.02. The molecule has 3 rings (SSSR count). The van der Waals surface area contributed by atoms with E-state index in [2.05, 4.69) is 10.3 Å². The number of amides is 1. The molecule has 0 radical (unpaired) electrons. The van der Waals surface area contributed by atoms with Crippen molar-refractivity contribution in [3.63, 3.8) is 0 Å². The van der Waals surface area contributed by atoms with Crippen molar-refractivity contribution in [3.05, 3.63) is 59.5 Å². The Morgan fingerprint density at radius 3 is 2.48 bits per heavy atom. The number of anilines is 1. The van der Waals surface area contributed by atoms with E-state index in [4.69, 9.17) is 4.74 Å². The third-order valence-electron chi connectivity index (χ3n) is 3.24. The van der Waals surface area contributed by atoms with E-state index in [9.17, 15) is 9.90 Å². The maximum atomic E-state index is 12.1. The Hall–Kier alpha value is -2.86. The Bertz CT molecular complexity index is 811. The summed E-state index contributed by atoms with van der Waals surface area (Å²) in [6.45, 7) is 0. The number of carbonyl (C=O) groups is 1. The number of aromatic nitrogens is 1. The lowest BCUT2D eigenvalue weighted by atomic mass is 10.2. The van der Waals surface area contributed by atoms with E-state index in [1.807, 2.05) is 29.6 Å². The summed E-state index contributed by atoms with van der Waals surface area (Å²) in [6, 6.07) is 13.6. The highest BCUT2D eigenvalue weighted by molar-refractivity contribution is 7.14. The molecule has 0 spiro atoms. The number of hydrogen-bond acceptors (Lipinski definition) is 5. The quantitative estimate of drug-likeness (QED) is 0.765. The van der Waals surface area contributed by atoms with Gasteiger partial charge in [-0.05, 0) is 48.5 Å². The molecule has 0 aliphatic heterocycles. The summed E-state index contributed by atoms with van der Waals surface area (Å²) in [5.74, 6) is 0.642. The number of hydrogen-bond donors (Lipinski definition) is 2. The molecule has 0 saturated carbocycles. The normalized spacial score (nSPS) is 10.3. The van der Waals surface area contributed by atoms with E-state index in [0.29, 0.717) is 10.7 Å². The molecule has 0 unspecified atom stereocenters. The minimum absolute atomic E-state index is 0.123. The minimum Gasteiger partial charge on any atom is -0.508 e. The second-order valence-electron chi connectivity index (χ2n) is 4.77. The number of thiazole rings is 1. The Balaban J connectivity index is 1.73. The highest BCUT2D eigenvalue weighted by atomic mass is 32.1. The van der Waals surface area contributed by atoms with E-state index < -0.39 is 0 Å². The first-order valence-corrected chi connectivity index (χ1v) is 7.74. The second kappa shape index (κ2) is 6.50. The van der Waals surface area contributed by atoms with Gasteiger partial charge in [-0.15, -0.1) is 11.3 Å². The average molecular weight is 326 g/mol. The number of rotatable bonds is 4. The maximum Gasteiger partial charge on any atom is 0.257 e. The van der Waals surface area contributed by atoms with E-state index in [0.717, 1.165) is 17.0 Å². The number of phenolic OH excluding ortho intramolecular Hbond substituents is 1. The van der Waals surface area contributed by atoms with Crippen LogP contribution in [0.2, 0.25) is 0 Å². The van der Waals surface area contributed by atoms with E-state index >= 15 is 0 Å². The van der Waals surface area contributed by atoms with Gasteiger partial charge >= 0.3 is 0 Å². The van der Waals surface area contributed by atoms with Crippen LogP contribution < -0.4 is 10.1 Å². The van der Waals surface area contributed by atoms with Crippen molar-refractivity contribution in [2.75, 3.05) is 12.4 Å². The molecule has 0 aliphatic carbocycles. The minimum atomic E-state index is -0.263. The topological polar surface area (TPSA) is 71.5 Å². The predicted octanol–water partition coefficient (Wildman–Crippen LogP) is 3.78. The number of carbonyl (C=O) groups excluding carboxylic acids is 1. The van der Waals surface area contributed by atoms with E-state index in [1.54, 1.807) is 19.2 Å². The third kappa shape index (κ3) is 3.49. The van der Waals surface area contributed by atoms with Crippen LogP contribution in [-0.2, 0) is 0 Å². The van der Waals surface area contributed by atoms with Crippen LogP contribution in [0.4, 0.5) is 5.13 Å². The third-order valence-corrected chi connectivity index (χ3v) is 4.00. The summed E-state index contributed by atoms with van der Waals surface area (Å²) in [5.41, 5.74) is 2.20. The lowest BCUT2D eigenvalue weighted by Crippen LogP contribution is -2.11. The Kier molecular flexibility index (Phi) is 4.25. The first-order chi connectivity index (χ1) is 11.2. The summed E-state index contributed by atoms with van der Waals surface area (Å²) >= 11 is 1.36. The summed E-state index contributed by atoms with van der Waals surface area (Å²) < 4.78 is 5.13. The van der Waals surface area contributed by atoms with Gasteiger partial charge in [0, 0.05) is 16.5 Å². The first-order valence-electron chi connectivity index (χ1n) is 6.86. The number of phenols is 1. The summed E-state index contributed by atoms with van der Waals surface area (Å²) in [4.78, 5) is 16.5. The van der Waals surface area contributed by atoms with Crippen molar-refractivity contribution < 1.29 is 14.6 Å². The standard InChI is InChI=1S/C17H14N2O3S/c1-22-14-8-4-11(5-9-14)15-10-23-17(18-15)19-16(21)12-2-6-13(20)7-3-12/h2-10,20H,1H3,(H,18,19,21). The monoisotopic (exact) mass is 326 g/mol. The summed E-state index contributed by atoms with van der Waals surface area (Å²) in [7, 11) is 1.62. The van der Waals surface area contributed by atoms with Gasteiger partial charge in [-0.2, -0.15) is 0 Å². The summed E-state index contributed by atoms with van der Waals surface area (Å²) in [5, 5.41) is 14.4. The van der Waals surface area contributed by atoms with Crippen molar-refractivity contribution >= 4 is 22.4 Å². The number of nitrogens with one attached hydrogen (secondary N) is 1. The molecule has 0 bridgehead atoms. The summed E-state index contributed by atoms with van der Waals surface area (Å²) in [6.07, 6.45) is 0. The van der Waals surface area contributed by atoms with Crippen LogP contribution in [0.15, 0.2) is 53.9 Å². The maximum absolute atomic E-state index is 12.1. The molecular weight excluding hydrogens is 312 g/mol. The van der Waals surface area contributed by atoms with Crippen LogP contribution in [0.5, 0.6) is 11.5 Å². The van der Waals surface area contributed by atoms with Crippen LogP contribution >= 0.6 is 11.3 Å². The van der Waals surface area contributed by atoms with Gasteiger partial charge in [-0.25, -0.2) is 4.98 Å². The second-order valence-corrected chi connectivity index (χ2v) is 5.63. The first kappa shape index (κ1) is 15.1. The highest BCUT2D eigenvalue weighted by Crippen LogP contribution is 2.26. The molecule has 0 atom stereocenters. The van der Waals surface area contributed by atoms with Crippen LogP contribution in [0.25, 0.3) is 11.3 Å². The molecule has 23 heavy (non-hydrogen) atoms. The van der Waals surface area contributed by atoms with Gasteiger partial charge < -0.3 is 9.84 Å². The number of methoxy groups -OCH3 is 1. The molecule has 2 aromatic carbocycles. The largest absolute Gasteiger partial charge is 0.508 e. The van der Waals surface area contributed by atoms with Gasteiger partial charge in [0.25, 0.3) is 5.91 Å². The molecule has 1 amide bonds. The molecule has 3 aromatic rings. The van der Waals surface area contributed by atoms with Crippen LogP contribution in [0, 0.1) is 0 Å². The molecule has 0 aliphatic rings. The van der Waals surface area contributed by atoms with Crippen LogP contribution in [0.1, 0.15) is 10.4 Å². The fourth-order valence-electron chi connectivity index (χ4n) is 2.01. The fraction of sp³-hybridized carbons (Fsp3) is 0.0588. The van der Waals surface area contributed by atoms with Crippen molar-refractivity contribution in [3.8, 4) is 22.8 Å². The zero-order valence-electron chi connectivity index (χ0n) is 12.3. The van der Waals surface area contributed by atoms with Crippen LogP contribution in [-0.4, -0.2) is 23.1 Å². The van der Waals surface area contributed by atoms with Crippen molar-refractivity contribution in [2.24, 2.45) is 0 Å². The molecular formula is C17H14N2O3S. The molecule has 1 heterocycles. The number of aromatic hydroxyl groups is 1.